The highest BCUT2D eigenvalue weighted by Gasteiger charge is 2.50. The monoisotopic (exact) mass is 595 g/mol. The van der Waals surface area contributed by atoms with Crippen LogP contribution in [-0.2, 0) is 17.8 Å². The lowest BCUT2D eigenvalue weighted by Crippen LogP contribution is -2.50. The first kappa shape index (κ1) is 27.7. The number of pyridine rings is 2. The van der Waals surface area contributed by atoms with E-state index in [1.54, 1.807) is 12.5 Å². The fourth-order valence-corrected chi connectivity index (χ4v) is 8.13. The highest BCUT2D eigenvalue weighted by atomic mass is 35.5. The molecule has 11 heteroatoms. The van der Waals surface area contributed by atoms with Crippen molar-refractivity contribution in [2.45, 2.75) is 67.5 Å². The molecule has 8 nitrogen and oxygen atoms in total. The van der Waals surface area contributed by atoms with Gasteiger partial charge in [0, 0.05) is 41.0 Å². The third kappa shape index (κ3) is 4.83. The van der Waals surface area contributed by atoms with Crippen molar-refractivity contribution in [1.82, 2.24) is 24.3 Å². The van der Waals surface area contributed by atoms with Crippen LogP contribution in [0.1, 0.15) is 56.3 Å². The second-order valence-electron chi connectivity index (χ2n) is 11.8. The number of piperidine rings is 1. The van der Waals surface area contributed by atoms with E-state index >= 15 is 0 Å². The van der Waals surface area contributed by atoms with Crippen LogP contribution in [0.15, 0.2) is 58.7 Å². The van der Waals surface area contributed by atoms with Crippen LogP contribution in [0.3, 0.4) is 0 Å². The van der Waals surface area contributed by atoms with E-state index in [1.165, 1.54) is 22.9 Å². The van der Waals surface area contributed by atoms with Crippen molar-refractivity contribution in [3.63, 3.8) is 0 Å². The first-order chi connectivity index (χ1) is 19.1. The molecular formula is C29H34ClN7OS2. The molecule has 3 aromatic heterocycles. The lowest BCUT2D eigenvalue weighted by Gasteiger charge is -2.44. The Morgan fingerprint density at radius 3 is 2.70 bits per heavy atom. The van der Waals surface area contributed by atoms with Gasteiger partial charge in [-0.2, -0.15) is 0 Å². The zero-order valence-electron chi connectivity index (χ0n) is 23.1. The van der Waals surface area contributed by atoms with Gasteiger partial charge in [-0.1, -0.05) is 47.6 Å². The van der Waals surface area contributed by atoms with Gasteiger partial charge in [0.15, 0.2) is 5.65 Å². The average molecular weight is 596 g/mol. The summed E-state index contributed by atoms with van der Waals surface area (Å²) in [7, 11) is 0. The topological polar surface area (TPSA) is 107 Å². The van der Waals surface area contributed by atoms with E-state index < -0.39 is 11.4 Å². The van der Waals surface area contributed by atoms with Crippen molar-refractivity contribution in [3.05, 3.63) is 70.6 Å². The Balaban J connectivity index is 1.28. The number of nitrogens with zero attached hydrogens (tertiary/aromatic N) is 5. The predicted molar refractivity (Wildman–Crippen MR) is 163 cm³/mol. The number of hydrogen-bond acceptors (Lipinski definition) is 8. The maximum absolute atomic E-state index is 13.3. The maximum atomic E-state index is 13.3. The summed E-state index contributed by atoms with van der Waals surface area (Å²) in [5.74, 6) is 1.39. The molecule has 0 saturated carbocycles. The number of rotatable bonds is 5. The van der Waals surface area contributed by atoms with E-state index in [1.807, 2.05) is 26.8 Å². The van der Waals surface area contributed by atoms with Gasteiger partial charge >= 0.3 is 0 Å². The third-order valence-electron chi connectivity index (χ3n) is 8.18. The van der Waals surface area contributed by atoms with E-state index in [2.05, 4.69) is 66.5 Å². The molecule has 4 aromatic rings. The van der Waals surface area contributed by atoms with Gasteiger partial charge in [-0.3, -0.25) is 4.40 Å². The van der Waals surface area contributed by atoms with Crippen molar-refractivity contribution < 1.29 is 4.55 Å². The van der Waals surface area contributed by atoms with Gasteiger partial charge < -0.3 is 15.2 Å². The molecule has 40 heavy (non-hydrogen) atoms. The lowest BCUT2D eigenvalue weighted by atomic mass is 9.73. The van der Waals surface area contributed by atoms with E-state index in [0.29, 0.717) is 10.8 Å². The first-order valence-corrected chi connectivity index (χ1v) is 15.8. The number of anilines is 2. The highest BCUT2D eigenvalue weighted by molar-refractivity contribution is 7.99. The van der Waals surface area contributed by atoms with E-state index in [-0.39, 0.29) is 16.2 Å². The van der Waals surface area contributed by atoms with E-state index in [9.17, 15) is 4.55 Å². The molecule has 0 radical (unpaired) electrons. The molecule has 1 spiro atoms. The van der Waals surface area contributed by atoms with E-state index in [4.69, 9.17) is 17.3 Å². The molecule has 1 fully saturated rings. The Morgan fingerprint density at radius 1 is 1.20 bits per heavy atom. The second-order valence-corrected chi connectivity index (χ2v) is 15.2. The number of aromatic nitrogens is 4. The van der Waals surface area contributed by atoms with Crippen LogP contribution in [0, 0.1) is 12.3 Å². The van der Waals surface area contributed by atoms with Gasteiger partial charge in [-0.25, -0.2) is 4.98 Å². The fraction of sp³-hybridized carbons (Fsp3) is 0.414. The molecule has 3 N–H and O–H groups in total. The number of fused-ring (bicyclic) bond motifs is 2. The normalized spacial score (nSPS) is 19.4. The van der Waals surface area contributed by atoms with Crippen LogP contribution < -0.4 is 15.4 Å². The number of benzene rings is 1. The van der Waals surface area contributed by atoms with Crippen molar-refractivity contribution in [2.24, 2.45) is 5.41 Å². The number of nitrogens with one attached hydrogen (secondary N) is 1. The Labute approximate surface area is 247 Å². The Hall–Kier alpha value is -2.50. The summed E-state index contributed by atoms with van der Waals surface area (Å²) in [5, 5.41) is 9.19. The number of aryl methyl sites for hydroxylation is 1. The van der Waals surface area contributed by atoms with Crippen molar-refractivity contribution in [2.75, 3.05) is 23.7 Å². The fourth-order valence-electron chi connectivity index (χ4n) is 5.97. The molecule has 6 rings (SSSR count). The molecule has 2 aliphatic rings. The standard InChI is InChI=1S/C29H34ClN7OS2/c1-18-15-22(37-17-33-34-27(37)24(18)39-21-9-12-32-26(31)23(21)30)36-13-10-29(11-14-36)16-19-7-5-6-8-20(19)25(29)35-40(38)28(2,3)4/h5-9,12,15,17,25,35H,10-11,13-14,16H2,1-4H3,(H2,31,32)/t25-,40-/m1/s1. The summed E-state index contributed by atoms with van der Waals surface area (Å²) < 4.78 is 18.6. The summed E-state index contributed by atoms with van der Waals surface area (Å²) in [6, 6.07) is 12.8. The quantitative estimate of drug-likeness (QED) is 0.281. The highest BCUT2D eigenvalue weighted by Crippen LogP contribution is 2.53. The molecule has 1 aliphatic carbocycles. The number of hydrogen-bond donors (Lipinski definition) is 2. The first-order valence-electron chi connectivity index (χ1n) is 13.5. The van der Waals surface area contributed by atoms with Crippen LogP contribution in [0.2, 0.25) is 5.02 Å². The average Bonchev–Trinajstić information content (AvgIpc) is 3.52. The number of nitrogen functional groups attached to an aromatic ring is 1. The van der Waals surface area contributed by atoms with Crippen LogP contribution in [-0.4, -0.2) is 42.0 Å². The van der Waals surface area contributed by atoms with Gasteiger partial charge in [0.2, 0.25) is 0 Å². The predicted octanol–water partition coefficient (Wildman–Crippen LogP) is 5.76. The minimum absolute atomic E-state index is 0.0241. The van der Waals surface area contributed by atoms with Gasteiger partial charge in [0.25, 0.3) is 0 Å². The van der Waals surface area contributed by atoms with Crippen LogP contribution in [0.4, 0.5) is 11.6 Å². The minimum Gasteiger partial charge on any atom is -0.598 e. The largest absolute Gasteiger partial charge is 0.598 e. The molecular weight excluding hydrogens is 562 g/mol. The third-order valence-corrected chi connectivity index (χ3v) is 11.5. The van der Waals surface area contributed by atoms with Crippen LogP contribution in [0.25, 0.3) is 5.65 Å². The molecule has 1 aliphatic heterocycles. The molecule has 0 amide bonds. The molecule has 210 valence electrons. The smallest absolute Gasteiger partial charge is 0.176 e. The van der Waals surface area contributed by atoms with Crippen molar-refractivity contribution >= 4 is 52.0 Å². The van der Waals surface area contributed by atoms with Crippen LogP contribution >= 0.6 is 23.4 Å². The maximum Gasteiger partial charge on any atom is 0.176 e. The zero-order chi connectivity index (χ0) is 28.2. The van der Waals surface area contributed by atoms with Gasteiger partial charge in [-0.05, 0) is 75.8 Å². The Kier molecular flexibility index (Phi) is 7.19. The van der Waals surface area contributed by atoms with Crippen molar-refractivity contribution in [1.29, 1.82) is 0 Å². The molecule has 1 saturated heterocycles. The summed E-state index contributed by atoms with van der Waals surface area (Å²) >= 11 is 6.83. The number of nitrogens with two attached hydrogens (primary N) is 1. The molecule has 2 atom stereocenters. The minimum atomic E-state index is -1.15. The zero-order valence-corrected chi connectivity index (χ0v) is 25.5. The Morgan fingerprint density at radius 2 is 1.95 bits per heavy atom. The Bertz CT molecular complexity index is 1560. The van der Waals surface area contributed by atoms with Crippen molar-refractivity contribution in [3.8, 4) is 0 Å². The molecule has 0 bridgehead atoms. The number of halogens is 1. The van der Waals surface area contributed by atoms with Gasteiger partial charge in [0.1, 0.15) is 22.7 Å². The molecule has 4 heterocycles. The van der Waals surface area contributed by atoms with Gasteiger partial charge in [-0.15, -0.1) is 14.9 Å². The summed E-state index contributed by atoms with van der Waals surface area (Å²) in [6.45, 7) is 9.95. The lowest BCUT2D eigenvalue weighted by molar-refractivity contribution is 0.176. The molecule has 1 aromatic carbocycles. The summed E-state index contributed by atoms with van der Waals surface area (Å²) in [5.41, 5.74) is 10.5. The SMILES string of the molecule is Cc1cc(N2CCC3(CC2)Cc2ccccc2[C@H]3N[S@+]([O-])C(C)(C)C)n2cnnc2c1Sc1ccnc(N)c1Cl. The summed E-state index contributed by atoms with van der Waals surface area (Å²) in [6.07, 6.45) is 6.43. The van der Waals surface area contributed by atoms with Gasteiger partial charge in [0.05, 0.1) is 16.0 Å². The summed E-state index contributed by atoms with van der Waals surface area (Å²) in [4.78, 5) is 8.33. The second kappa shape index (κ2) is 10.4. The molecule has 0 unspecified atom stereocenters. The van der Waals surface area contributed by atoms with E-state index in [0.717, 1.165) is 59.2 Å². The van der Waals surface area contributed by atoms with Crippen LogP contribution in [0.5, 0.6) is 0 Å².